The molecule has 0 N–H and O–H groups in total. The van der Waals surface area contributed by atoms with E-state index in [0.29, 0.717) is 25.9 Å². The smallest absolute Gasteiger partial charge is 0.496 e. The molecule has 0 aliphatic heterocycles. The van der Waals surface area contributed by atoms with Crippen LogP contribution in [-0.4, -0.2) is 35.7 Å². The van der Waals surface area contributed by atoms with Crippen LogP contribution < -0.4 is 4.74 Å². The maximum Gasteiger partial charge on any atom is 0.505 e. The lowest BCUT2D eigenvalue weighted by Gasteiger charge is -2.29. The predicted octanol–water partition coefficient (Wildman–Crippen LogP) is 3.13. The van der Waals surface area contributed by atoms with Crippen molar-refractivity contribution in [1.82, 2.24) is 0 Å². The molecule has 0 aliphatic carbocycles. The van der Waals surface area contributed by atoms with Crippen molar-refractivity contribution in [2.75, 3.05) is 26.9 Å². The van der Waals surface area contributed by atoms with Crippen molar-refractivity contribution in [2.24, 2.45) is 0 Å². The SMILES string of the molecule is CCO[Si](Cc1cccc(OC)c1C)(OCC)OCC. The summed E-state index contributed by atoms with van der Waals surface area (Å²) in [5.41, 5.74) is 2.28. The van der Waals surface area contributed by atoms with Crippen molar-refractivity contribution in [3.05, 3.63) is 29.3 Å². The number of ether oxygens (including phenoxy) is 1. The highest BCUT2D eigenvalue weighted by Gasteiger charge is 2.41. The highest BCUT2D eigenvalue weighted by molar-refractivity contribution is 6.60. The molecule has 1 aromatic rings. The summed E-state index contributed by atoms with van der Waals surface area (Å²) < 4.78 is 23.1. The van der Waals surface area contributed by atoms with Crippen LogP contribution in [0.5, 0.6) is 5.75 Å². The molecule has 0 radical (unpaired) electrons. The summed E-state index contributed by atoms with van der Waals surface area (Å²) in [6, 6.07) is 6.70. The fourth-order valence-corrected chi connectivity index (χ4v) is 4.97. The average Bonchev–Trinajstić information content (AvgIpc) is 2.42. The van der Waals surface area contributed by atoms with E-state index in [2.05, 4.69) is 13.0 Å². The maximum absolute atomic E-state index is 5.90. The van der Waals surface area contributed by atoms with Gasteiger partial charge in [-0.05, 0) is 44.9 Å². The summed E-state index contributed by atoms with van der Waals surface area (Å²) in [5.74, 6) is 0.884. The minimum Gasteiger partial charge on any atom is -0.496 e. The Bertz CT molecular complexity index is 392. The molecule has 1 aromatic carbocycles. The van der Waals surface area contributed by atoms with Crippen LogP contribution in [0.2, 0.25) is 0 Å². The summed E-state index contributed by atoms with van der Waals surface area (Å²) in [5, 5.41) is 0. The van der Waals surface area contributed by atoms with E-state index in [9.17, 15) is 0 Å². The second-order valence-corrected chi connectivity index (χ2v) is 6.99. The Balaban J connectivity index is 3.04. The van der Waals surface area contributed by atoms with Gasteiger partial charge in [0.1, 0.15) is 5.75 Å². The quantitative estimate of drug-likeness (QED) is 0.656. The van der Waals surface area contributed by atoms with Crippen LogP contribution in [0.25, 0.3) is 0 Å². The molecule has 0 saturated carbocycles. The molecule has 114 valence electrons. The molecule has 0 amide bonds. The minimum absolute atomic E-state index is 0.592. The Kier molecular flexibility index (Phi) is 7.22. The van der Waals surface area contributed by atoms with E-state index in [-0.39, 0.29) is 0 Å². The lowest BCUT2D eigenvalue weighted by Crippen LogP contribution is -2.48. The van der Waals surface area contributed by atoms with E-state index in [1.54, 1.807) is 7.11 Å². The number of benzene rings is 1. The lowest BCUT2D eigenvalue weighted by atomic mass is 10.1. The number of hydrogen-bond donors (Lipinski definition) is 0. The molecular weight excluding hydrogens is 272 g/mol. The fourth-order valence-electron chi connectivity index (χ4n) is 2.24. The van der Waals surface area contributed by atoms with Crippen LogP contribution in [-0.2, 0) is 19.3 Å². The Morgan fingerprint density at radius 2 is 1.50 bits per heavy atom. The van der Waals surface area contributed by atoms with E-state index in [1.165, 1.54) is 0 Å². The van der Waals surface area contributed by atoms with Crippen LogP contribution in [0.3, 0.4) is 0 Å². The maximum atomic E-state index is 5.90. The third-order valence-electron chi connectivity index (χ3n) is 3.12. The third-order valence-corrected chi connectivity index (χ3v) is 6.12. The second kappa shape index (κ2) is 8.41. The van der Waals surface area contributed by atoms with Gasteiger partial charge in [0.05, 0.1) is 7.11 Å². The van der Waals surface area contributed by atoms with Crippen LogP contribution in [0.4, 0.5) is 0 Å². The van der Waals surface area contributed by atoms with E-state index in [1.807, 2.05) is 32.9 Å². The van der Waals surface area contributed by atoms with E-state index >= 15 is 0 Å². The summed E-state index contributed by atoms with van der Waals surface area (Å²) in [7, 11) is -0.974. The van der Waals surface area contributed by atoms with E-state index in [4.69, 9.17) is 18.0 Å². The zero-order chi connectivity index (χ0) is 15.0. The topological polar surface area (TPSA) is 36.9 Å². The molecule has 0 heterocycles. The second-order valence-electron chi connectivity index (χ2n) is 4.40. The summed E-state index contributed by atoms with van der Waals surface area (Å²) >= 11 is 0. The van der Waals surface area contributed by atoms with Crippen LogP contribution >= 0.6 is 0 Å². The van der Waals surface area contributed by atoms with Gasteiger partial charge in [0.2, 0.25) is 0 Å². The largest absolute Gasteiger partial charge is 0.505 e. The lowest BCUT2D eigenvalue weighted by molar-refractivity contribution is 0.0703. The molecule has 20 heavy (non-hydrogen) atoms. The first kappa shape index (κ1) is 17.2. The Labute approximate surface area is 123 Å². The first-order valence-corrected chi connectivity index (χ1v) is 9.10. The normalized spacial score (nSPS) is 11.7. The average molecular weight is 298 g/mol. The molecule has 0 unspecified atom stereocenters. The van der Waals surface area contributed by atoms with Gasteiger partial charge in [0.15, 0.2) is 0 Å². The first-order chi connectivity index (χ1) is 9.62. The van der Waals surface area contributed by atoms with Crippen LogP contribution in [0.1, 0.15) is 31.9 Å². The zero-order valence-electron chi connectivity index (χ0n) is 13.2. The highest BCUT2D eigenvalue weighted by Crippen LogP contribution is 2.25. The monoisotopic (exact) mass is 298 g/mol. The molecule has 0 aliphatic rings. The Morgan fingerprint density at radius 1 is 0.950 bits per heavy atom. The molecule has 0 atom stereocenters. The highest BCUT2D eigenvalue weighted by atomic mass is 28.4. The summed E-state index contributed by atoms with van der Waals surface area (Å²) in [6.07, 6.45) is 0. The van der Waals surface area contributed by atoms with Crippen molar-refractivity contribution in [3.8, 4) is 5.75 Å². The van der Waals surface area contributed by atoms with Gasteiger partial charge in [0, 0.05) is 25.9 Å². The predicted molar refractivity (Wildman–Crippen MR) is 82.1 cm³/mol. The van der Waals surface area contributed by atoms with E-state index in [0.717, 1.165) is 16.9 Å². The molecule has 1 rings (SSSR count). The van der Waals surface area contributed by atoms with Gasteiger partial charge in [-0.1, -0.05) is 12.1 Å². The molecule has 5 heteroatoms. The van der Waals surface area contributed by atoms with Crippen molar-refractivity contribution in [1.29, 1.82) is 0 Å². The van der Waals surface area contributed by atoms with Gasteiger partial charge < -0.3 is 18.0 Å². The van der Waals surface area contributed by atoms with Crippen molar-refractivity contribution in [3.63, 3.8) is 0 Å². The standard InChI is InChI=1S/C15H26O4Si/c1-6-17-20(18-7-2,19-8-3)12-14-10-9-11-15(16-5)13(14)4/h9-11H,6-8,12H2,1-5H3. The Hall–Kier alpha value is -0.883. The fraction of sp³-hybridized carbons (Fsp3) is 0.600. The van der Waals surface area contributed by atoms with Gasteiger partial charge >= 0.3 is 8.80 Å². The summed E-state index contributed by atoms with van der Waals surface area (Å²) in [4.78, 5) is 0. The number of rotatable bonds is 9. The molecule has 0 saturated heterocycles. The van der Waals surface area contributed by atoms with Gasteiger partial charge in [-0.3, -0.25) is 0 Å². The van der Waals surface area contributed by atoms with E-state index < -0.39 is 8.80 Å². The Morgan fingerprint density at radius 3 is 1.95 bits per heavy atom. The van der Waals surface area contributed by atoms with Gasteiger partial charge in [0.25, 0.3) is 0 Å². The minimum atomic E-state index is -2.66. The molecule has 0 spiro atoms. The zero-order valence-corrected chi connectivity index (χ0v) is 14.2. The van der Waals surface area contributed by atoms with Gasteiger partial charge in [-0.2, -0.15) is 0 Å². The third kappa shape index (κ3) is 4.31. The number of hydrogen-bond acceptors (Lipinski definition) is 4. The van der Waals surface area contributed by atoms with Gasteiger partial charge in [-0.25, -0.2) is 0 Å². The number of methoxy groups -OCH3 is 1. The molecule has 0 aromatic heterocycles. The molecule has 0 bridgehead atoms. The van der Waals surface area contributed by atoms with Crippen molar-refractivity contribution < 1.29 is 18.0 Å². The van der Waals surface area contributed by atoms with Crippen LogP contribution in [0, 0.1) is 6.92 Å². The van der Waals surface area contributed by atoms with Gasteiger partial charge in [-0.15, -0.1) is 0 Å². The molecule has 0 fully saturated rings. The molecular formula is C15H26O4Si. The van der Waals surface area contributed by atoms with Crippen molar-refractivity contribution >= 4 is 8.80 Å². The first-order valence-electron chi connectivity index (χ1n) is 7.16. The van der Waals surface area contributed by atoms with Crippen molar-refractivity contribution in [2.45, 2.75) is 33.7 Å². The molecule has 4 nitrogen and oxygen atoms in total. The summed E-state index contributed by atoms with van der Waals surface area (Å²) in [6.45, 7) is 9.74. The van der Waals surface area contributed by atoms with Crippen LogP contribution in [0.15, 0.2) is 18.2 Å².